The van der Waals surface area contributed by atoms with Gasteiger partial charge in [-0.05, 0) is 25.0 Å². The summed E-state index contributed by atoms with van der Waals surface area (Å²) in [5, 5.41) is 17.2. The minimum atomic E-state index is -0.112. The van der Waals surface area contributed by atoms with Crippen LogP contribution in [0.5, 0.6) is 0 Å². The number of amides is 1. The zero-order valence-corrected chi connectivity index (χ0v) is 13.6. The lowest BCUT2D eigenvalue weighted by molar-refractivity contribution is -0.122. The minimum Gasteiger partial charge on any atom is -0.396 e. The van der Waals surface area contributed by atoms with Crippen LogP contribution in [-0.2, 0) is 11.3 Å². The number of carbonyl (C=O) groups excluding carboxylic acids is 1. The fourth-order valence-electron chi connectivity index (χ4n) is 3.44. The number of hydrogen-bond acceptors (Lipinski definition) is 4. The topological polar surface area (TPSA) is 84.2 Å². The van der Waals surface area contributed by atoms with Crippen LogP contribution < -0.4 is 10.7 Å². The van der Waals surface area contributed by atoms with Gasteiger partial charge < -0.3 is 10.4 Å². The Kier molecular flexibility index (Phi) is 5.25. The van der Waals surface area contributed by atoms with Crippen LogP contribution in [0.2, 0.25) is 0 Å². The largest absolute Gasteiger partial charge is 0.396 e. The summed E-state index contributed by atoms with van der Waals surface area (Å²) in [7, 11) is 0. The van der Waals surface area contributed by atoms with Gasteiger partial charge in [-0.15, -0.1) is 0 Å². The van der Waals surface area contributed by atoms with Crippen molar-refractivity contribution in [3.05, 3.63) is 40.7 Å². The number of rotatable bonds is 5. The van der Waals surface area contributed by atoms with Crippen molar-refractivity contribution in [3.63, 3.8) is 0 Å². The number of para-hydroxylation sites is 1. The fraction of sp³-hybridized carbons (Fsp3) is 0.500. The van der Waals surface area contributed by atoms with Crippen molar-refractivity contribution in [2.75, 3.05) is 6.61 Å². The zero-order chi connectivity index (χ0) is 16.9. The van der Waals surface area contributed by atoms with Crippen LogP contribution in [0.25, 0.3) is 10.9 Å². The van der Waals surface area contributed by atoms with E-state index in [1.807, 2.05) is 18.2 Å². The average Bonchev–Trinajstić information content (AvgIpc) is 2.62. The van der Waals surface area contributed by atoms with Crippen molar-refractivity contribution in [2.45, 2.75) is 44.7 Å². The van der Waals surface area contributed by atoms with Crippen LogP contribution in [0.4, 0.5) is 0 Å². The van der Waals surface area contributed by atoms with E-state index in [-0.39, 0.29) is 29.9 Å². The Hall–Kier alpha value is -2.21. The maximum Gasteiger partial charge on any atom is 0.222 e. The molecule has 3 rings (SSSR count). The fourth-order valence-corrected chi connectivity index (χ4v) is 3.44. The molecule has 2 N–H and O–H groups in total. The van der Waals surface area contributed by atoms with Crippen molar-refractivity contribution in [1.29, 1.82) is 0 Å². The number of hydrogen-bond donors (Lipinski definition) is 2. The first-order chi connectivity index (χ1) is 11.7. The second-order valence-electron chi connectivity index (χ2n) is 6.40. The third-order valence-corrected chi connectivity index (χ3v) is 4.80. The van der Waals surface area contributed by atoms with Gasteiger partial charge in [-0.1, -0.05) is 25.0 Å². The number of benzene rings is 1. The van der Waals surface area contributed by atoms with Crippen molar-refractivity contribution in [3.8, 4) is 0 Å². The minimum absolute atomic E-state index is 0.0371. The molecule has 0 radical (unpaired) electrons. The van der Waals surface area contributed by atoms with Crippen LogP contribution in [0.1, 0.15) is 32.1 Å². The molecule has 0 spiro atoms. The third-order valence-electron chi connectivity index (χ3n) is 4.80. The van der Waals surface area contributed by atoms with E-state index in [0.717, 1.165) is 31.2 Å². The molecule has 1 aromatic carbocycles. The van der Waals surface area contributed by atoms with Crippen molar-refractivity contribution in [2.24, 2.45) is 5.92 Å². The molecule has 128 valence electrons. The number of nitrogens with one attached hydrogen (secondary N) is 1. The molecule has 1 heterocycles. The summed E-state index contributed by atoms with van der Waals surface area (Å²) in [6.07, 6.45) is 5.69. The highest BCUT2D eigenvalue weighted by Gasteiger charge is 2.25. The lowest BCUT2D eigenvalue weighted by Crippen LogP contribution is -2.43. The molecule has 1 aliphatic rings. The molecule has 6 nitrogen and oxygen atoms in total. The molecule has 0 bridgehead atoms. The smallest absolute Gasteiger partial charge is 0.222 e. The van der Waals surface area contributed by atoms with Gasteiger partial charge in [-0.3, -0.25) is 14.3 Å². The molecule has 1 amide bonds. The summed E-state index contributed by atoms with van der Waals surface area (Å²) in [6, 6.07) is 7.34. The highest BCUT2D eigenvalue weighted by atomic mass is 16.3. The van der Waals surface area contributed by atoms with E-state index in [9.17, 15) is 14.7 Å². The first-order valence-corrected chi connectivity index (χ1v) is 8.54. The predicted octanol–water partition coefficient (Wildman–Crippen LogP) is 1.45. The summed E-state index contributed by atoms with van der Waals surface area (Å²) >= 11 is 0. The van der Waals surface area contributed by atoms with Crippen LogP contribution in [-0.4, -0.2) is 33.4 Å². The van der Waals surface area contributed by atoms with Gasteiger partial charge in [0.15, 0.2) is 0 Å². The zero-order valence-electron chi connectivity index (χ0n) is 13.6. The quantitative estimate of drug-likeness (QED) is 0.870. The van der Waals surface area contributed by atoms with Gasteiger partial charge in [-0.25, -0.2) is 0 Å². The second kappa shape index (κ2) is 7.57. The van der Waals surface area contributed by atoms with Gasteiger partial charge in [0.1, 0.15) is 0 Å². The Morgan fingerprint density at radius 3 is 2.92 bits per heavy atom. The summed E-state index contributed by atoms with van der Waals surface area (Å²) in [4.78, 5) is 24.1. The van der Waals surface area contributed by atoms with Crippen LogP contribution in [0.3, 0.4) is 0 Å². The Morgan fingerprint density at radius 2 is 2.08 bits per heavy atom. The molecule has 1 fully saturated rings. The van der Waals surface area contributed by atoms with E-state index >= 15 is 0 Å². The van der Waals surface area contributed by atoms with Gasteiger partial charge in [0.25, 0.3) is 0 Å². The van der Waals surface area contributed by atoms with Crippen LogP contribution in [0, 0.1) is 5.92 Å². The first kappa shape index (κ1) is 16.6. The number of carbonyl (C=O) groups is 1. The monoisotopic (exact) mass is 329 g/mol. The number of aryl methyl sites for hydroxylation is 1. The van der Waals surface area contributed by atoms with Gasteiger partial charge >= 0.3 is 0 Å². The molecule has 6 heteroatoms. The molecule has 2 aromatic rings. The van der Waals surface area contributed by atoms with Crippen LogP contribution in [0.15, 0.2) is 35.3 Å². The van der Waals surface area contributed by atoms with Gasteiger partial charge in [0.2, 0.25) is 11.3 Å². The Labute approximate surface area is 140 Å². The molecular formula is C18H23N3O3. The molecule has 2 atom stereocenters. The summed E-state index contributed by atoms with van der Waals surface area (Å²) in [5.41, 5.74) is 0.628. The van der Waals surface area contributed by atoms with E-state index in [1.165, 1.54) is 6.20 Å². The number of aliphatic hydroxyl groups is 1. The van der Waals surface area contributed by atoms with Gasteiger partial charge in [0, 0.05) is 30.4 Å². The SMILES string of the molecule is O=C(CCn1ncc(=O)c2ccccc21)NC1CCCCC1CO. The van der Waals surface area contributed by atoms with E-state index in [4.69, 9.17) is 0 Å². The summed E-state index contributed by atoms with van der Waals surface area (Å²) in [5.74, 6) is 0.124. The van der Waals surface area contributed by atoms with E-state index < -0.39 is 0 Å². The lowest BCUT2D eigenvalue weighted by atomic mass is 9.85. The molecule has 1 saturated carbocycles. The van der Waals surface area contributed by atoms with Gasteiger partial charge in [-0.2, -0.15) is 5.10 Å². The second-order valence-corrected chi connectivity index (χ2v) is 6.40. The Morgan fingerprint density at radius 1 is 1.29 bits per heavy atom. The normalized spacial score (nSPS) is 20.9. The highest BCUT2D eigenvalue weighted by Crippen LogP contribution is 2.24. The molecule has 1 aliphatic carbocycles. The maximum absolute atomic E-state index is 12.3. The Bertz CT molecular complexity index is 771. The Balaban J connectivity index is 1.64. The standard InChI is InChI=1S/C18H23N3O3/c22-12-13-5-1-3-7-15(13)20-18(24)9-10-21-16-8-4-2-6-14(16)17(23)11-19-21/h2,4,6,8,11,13,15,22H,1,3,5,7,9-10,12H2,(H,20,24). The predicted molar refractivity (Wildman–Crippen MR) is 91.6 cm³/mol. The number of nitrogens with zero attached hydrogens (tertiary/aromatic N) is 2. The maximum atomic E-state index is 12.3. The number of aromatic nitrogens is 2. The number of aliphatic hydroxyl groups excluding tert-OH is 1. The molecule has 0 aliphatic heterocycles. The molecule has 0 saturated heterocycles. The summed E-state index contributed by atoms with van der Waals surface area (Å²) < 4.78 is 1.70. The average molecular weight is 329 g/mol. The third kappa shape index (κ3) is 3.64. The van der Waals surface area contributed by atoms with Crippen LogP contribution >= 0.6 is 0 Å². The van der Waals surface area contributed by atoms with E-state index in [2.05, 4.69) is 10.4 Å². The van der Waals surface area contributed by atoms with Gasteiger partial charge in [0.05, 0.1) is 18.3 Å². The lowest BCUT2D eigenvalue weighted by Gasteiger charge is -2.30. The highest BCUT2D eigenvalue weighted by molar-refractivity contribution is 5.79. The first-order valence-electron chi connectivity index (χ1n) is 8.54. The van der Waals surface area contributed by atoms with Crippen molar-refractivity contribution in [1.82, 2.24) is 15.1 Å². The molecular weight excluding hydrogens is 306 g/mol. The van der Waals surface area contributed by atoms with E-state index in [0.29, 0.717) is 18.4 Å². The number of fused-ring (bicyclic) bond motifs is 1. The summed E-state index contributed by atoms with van der Waals surface area (Å²) in [6.45, 7) is 0.542. The van der Waals surface area contributed by atoms with E-state index in [1.54, 1.807) is 10.7 Å². The van der Waals surface area contributed by atoms with Crippen molar-refractivity contribution < 1.29 is 9.90 Å². The molecule has 24 heavy (non-hydrogen) atoms. The molecule has 2 unspecified atom stereocenters. The molecule has 1 aromatic heterocycles. The van der Waals surface area contributed by atoms with Crippen molar-refractivity contribution >= 4 is 16.8 Å².